The molecule has 1 fully saturated rings. The number of nitrogens with one attached hydrogen (secondary N) is 2. The number of benzene rings is 2. The standard InChI is InChI=1S/C35H36N10O4/c1-3-25(42-30-29-32(40-20-39-30)44(21-41-29)27-15-8-9-16-49-27)31-43-26-14-10-11-22(28(26)33(46)45(31)24-12-6-5-7-13-24)17-36-35-37-18-23(19-38-35)34(47)48-4-2/h5-7,10-14,18-21,25,27H,3-4,8-9,15-17H2,1-2H3,(H,36,37,38)(H,39,40,42). The number of anilines is 2. The van der Waals surface area contributed by atoms with E-state index in [9.17, 15) is 9.59 Å². The van der Waals surface area contributed by atoms with Crippen LogP contribution in [0.2, 0.25) is 0 Å². The van der Waals surface area contributed by atoms with Gasteiger partial charge in [0.2, 0.25) is 5.95 Å². The summed E-state index contributed by atoms with van der Waals surface area (Å²) in [6.07, 6.45) is 9.59. The third kappa shape index (κ3) is 6.42. The fourth-order valence-electron chi connectivity index (χ4n) is 6.06. The number of nitrogens with zero attached hydrogens (tertiary/aromatic N) is 8. The van der Waals surface area contributed by atoms with E-state index in [1.54, 1.807) is 17.8 Å². The molecule has 0 aliphatic carbocycles. The van der Waals surface area contributed by atoms with E-state index in [4.69, 9.17) is 14.5 Å². The molecule has 4 aromatic heterocycles. The average Bonchev–Trinajstić information content (AvgIpc) is 3.59. The Morgan fingerprint density at radius 3 is 2.61 bits per heavy atom. The molecule has 0 radical (unpaired) electrons. The van der Waals surface area contributed by atoms with Gasteiger partial charge >= 0.3 is 5.97 Å². The van der Waals surface area contributed by atoms with Gasteiger partial charge in [-0.25, -0.2) is 34.7 Å². The Kier molecular flexibility index (Phi) is 9.19. The highest BCUT2D eigenvalue weighted by atomic mass is 16.5. The molecule has 49 heavy (non-hydrogen) atoms. The normalized spacial score (nSPS) is 15.3. The predicted octanol–water partition coefficient (Wildman–Crippen LogP) is 5.37. The smallest absolute Gasteiger partial charge is 0.341 e. The molecule has 7 rings (SSSR count). The lowest BCUT2D eigenvalue weighted by atomic mass is 10.1. The largest absolute Gasteiger partial charge is 0.462 e. The van der Waals surface area contributed by atoms with Gasteiger partial charge in [0.15, 0.2) is 17.0 Å². The number of para-hydroxylation sites is 1. The maximum atomic E-state index is 14.6. The fraction of sp³-hybridized carbons (Fsp3) is 0.314. The van der Waals surface area contributed by atoms with Crippen LogP contribution in [0.15, 0.2) is 78.4 Å². The number of fused-ring (bicyclic) bond motifs is 2. The zero-order chi connectivity index (χ0) is 33.7. The maximum Gasteiger partial charge on any atom is 0.341 e. The highest BCUT2D eigenvalue weighted by Crippen LogP contribution is 2.30. The molecule has 0 amide bonds. The van der Waals surface area contributed by atoms with Gasteiger partial charge < -0.3 is 20.1 Å². The molecule has 6 aromatic rings. The number of carbonyl (C=O) groups is 1. The Morgan fingerprint density at radius 1 is 1.02 bits per heavy atom. The van der Waals surface area contributed by atoms with Crippen molar-refractivity contribution in [1.82, 2.24) is 39.0 Å². The first-order chi connectivity index (χ1) is 24.1. The molecule has 2 atom stereocenters. The van der Waals surface area contributed by atoms with Crippen LogP contribution in [0.1, 0.15) is 73.5 Å². The number of imidazole rings is 1. The summed E-state index contributed by atoms with van der Waals surface area (Å²) in [6.45, 7) is 4.99. The van der Waals surface area contributed by atoms with E-state index in [2.05, 4.69) is 35.6 Å². The molecule has 1 saturated heterocycles. The van der Waals surface area contributed by atoms with Crippen molar-refractivity contribution in [3.8, 4) is 5.69 Å². The fourth-order valence-corrected chi connectivity index (χ4v) is 6.06. The van der Waals surface area contributed by atoms with Gasteiger partial charge in [0, 0.05) is 25.5 Å². The Balaban J connectivity index is 1.25. The van der Waals surface area contributed by atoms with Crippen molar-refractivity contribution in [3.05, 3.63) is 101 Å². The first-order valence-electron chi connectivity index (χ1n) is 16.4. The summed E-state index contributed by atoms with van der Waals surface area (Å²) in [5, 5.41) is 7.17. The van der Waals surface area contributed by atoms with Crippen molar-refractivity contribution >= 4 is 39.8 Å². The number of ether oxygens (including phenoxy) is 2. The van der Waals surface area contributed by atoms with E-state index in [0.29, 0.717) is 58.4 Å². The van der Waals surface area contributed by atoms with Crippen LogP contribution in [0, 0.1) is 0 Å². The van der Waals surface area contributed by atoms with Gasteiger partial charge in [-0.2, -0.15) is 0 Å². The minimum atomic E-state index is -0.487. The summed E-state index contributed by atoms with van der Waals surface area (Å²) in [5.41, 5.74) is 3.31. The molecule has 14 heteroatoms. The zero-order valence-corrected chi connectivity index (χ0v) is 27.2. The highest BCUT2D eigenvalue weighted by Gasteiger charge is 2.25. The third-order valence-electron chi connectivity index (χ3n) is 8.48. The summed E-state index contributed by atoms with van der Waals surface area (Å²) < 4.78 is 14.6. The van der Waals surface area contributed by atoms with E-state index < -0.39 is 12.0 Å². The molecular weight excluding hydrogens is 624 g/mol. The Labute approximate surface area is 281 Å². The van der Waals surface area contributed by atoms with E-state index >= 15 is 0 Å². The molecule has 14 nitrogen and oxygen atoms in total. The molecule has 0 saturated carbocycles. The van der Waals surface area contributed by atoms with Crippen LogP contribution in [0.25, 0.3) is 27.8 Å². The Morgan fingerprint density at radius 2 is 1.86 bits per heavy atom. The number of hydrogen-bond donors (Lipinski definition) is 2. The Bertz CT molecular complexity index is 2140. The average molecular weight is 661 g/mol. The SMILES string of the molecule is CCOC(=O)c1cnc(NCc2cccc3nc(C(CC)Nc4ncnc5c4ncn5C4CCCCO4)n(-c4ccccc4)c(=O)c23)nc1. The van der Waals surface area contributed by atoms with Crippen LogP contribution in [-0.4, -0.2) is 58.2 Å². The van der Waals surface area contributed by atoms with Gasteiger partial charge in [-0.3, -0.25) is 13.9 Å². The minimum absolute atomic E-state index is 0.118. The highest BCUT2D eigenvalue weighted by molar-refractivity contribution is 5.88. The molecule has 2 N–H and O–H groups in total. The van der Waals surface area contributed by atoms with Crippen molar-refractivity contribution in [2.45, 2.75) is 58.3 Å². The van der Waals surface area contributed by atoms with Crippen LogP contribution in [-0.2, 0) is 16.0 Å². The third-order valence-corrected chi connectivity index (χ3v) is 8.48. The quantitative estimate of drug-likeness (QED) is 0.171. The van der Waals surface area contributed by atoms with Gasteiger partial charge in [0.25, 0.3) is 5.56 Å². The summed E-state index contributed by atoms with van der Waals surface area (Å²) in [6, 6.07) is 14.6. The van der Waals surface area contributed by atoms with Gasteiger partial charge in [0.05, 0.1) is 41.1 Å². The zero-order valence-electron chi connectivity index (χ0n) is 27.2. The Hall–Kier alpha value is -5.76. The van der Waals surface area contributed by atoms with Crippen LogP contribution in [0.3, 0.4) is 0 Å². The maximum absolute atomic E-state index is 14.6. The van der Waals surface area contributed by atoms with Crippen molar-refractivity contribution in [2.75, 3.05) is 23.8 Å². The molecule has 1 aliphatic rings. The number of esters is 1. The monoisotopic (exact) mass is 660 g/mol. The number of carbonyl (C=O) groups excluding carboxylic acids is 1. The summed E-state index contributed by atoms with van der Waals surface area (Å²) in [5.74, 6) is 0.907. The van der Waals surface area contributed by atoms with Crippen LogP contribution >= 0.6 is 0 Å². The topological polar surface area (TPSA) is 164 Å². The first-order valence-corrected chi connectivity index (χ1v) is 16.4. The second-order valence-electron chi connectivity index (χ2n) is 11.6. The number of hydrogen-bond acceptors (Lipinski definition) is 12. The van der Waals surface area contributed by atoms with Crippen molar-refractivity contribution in [1.29, 1.82) is 0 Å². The molecule has 5 heterocycles. The predicted molar refractivity (Wildman–Crippen MR) is 183 cm³/mol. The van der Waals surface area contributed by atoms with Crippen molar-refractivity contribution in [2.24, 2.45) is 0 Å². The first kappa shape index (κ1) is 31.8. The van der Waals surface area contributed by atoms with Gasteiger partial charge in [-0.05, 0) is 56.4 Å². The van der Waals surface area contributed by atoms with Crippen LogP contribution in [0.4, 0.5) is 11.8 Å². The molecule has 2 aromatic carbocycles. The molecule has 2 unspecified atom stereocenters. The van der Waals surface area contributed by atoms with Crippen molar-refractivity contribution in [3.63, 3.8) is 0 Å². The number of rotatable bonds is 11. The number of aromatic nitrogens is 8. The van der Waals surface area contributed by atoms with E-state index in [-0.39, 0.29) is 30.5 Å². The molecular formula is C35H36N10O4. The molecule has 0 bridgehead atoms. The summed E-state index contributed by atoms with van der Waals surface area (Å²) >= 11 is 0. The summed E-state index contributed by atoms with van der Waals surface area (Å²) in [7, 11) is 0. The van der Waals surface area contributed by atoms with Gasteiger partial charge in [-0.1, -0.05) is 37.3 Å². The molecule has 250 valence electrons. The lowest BCUT2D eigenvalue weighted by Crippen LogP contribution is -2.29. The lowest BCUT2D eigenvalue weighted by Gasteiger charge is -2.24. The minimum Gasteiger partial charge on any atom is -0.462 e. The summed E-state index contributed by atoms with van der Waals surface area (Å²) in [4.78, 5) is 53.9. The molecule has 0 spiro atoms. The van der Waals surface area contributed by atoms with E-state index in [0.717, 1.165) is 24.8 Å². The van der Waals surface area contributed by atoms with Crippen molar-refractivity contribution < 1.29 is 14.3 Å². The lowest BCUT2D eigenvalue weighted by molar-refractivity contribution is -0.0298. The van der Waals surface area contributed by atoms with E-state index in [1.165, 1.54) is 18.7 Å². The second kappa shape index (κ2) is 14.2. The van der Waals surface area contributed by atoms with Crippen LogP contribution in [0.5, 0.6) is 0 Å². The van der Waals surface area contributed by atoms with Crippen LogP contribution < -0.4 is 16.2 Å². The van der Waals surface area contributed by atoms with Gasteiger partial charge in [-0.15, -0.1) is 0 Å². The van der Waals surface area contributed by atoms with Gasteiger partial charge in [0.1, 0.15) is 18.4 Å². The molecule has 1 aliphatic heterocycles. The van der Waals surface area contributed by atoms with E-state index in [1.807, 2.05) is 60.0 Å². The second-order valence-corrected chi connectivity index (χ2v) is 11.6.